The van der Waals surface area contributed by atoms with Crippen LogP contribution < -0.4 is 0 Å². The van der Waals surface area contributed by atoms with Crippen molar-refractivity contribution >= 4 is 10.0 Å². The van der Waals surface area contributed by atoms with Gasteiger partial charge in [0.05, 0.1) is 17.0 Å². The lowest BCUT2D eigenvalue weighted by Crippen LogP contribution is -2.47. The molecule has 0 heterocycles. The van der Waals surface area contributed by atoms with E-state index in [0.29, 0.717) is 5.92 Å². The van der Waals surface area contributed by atoms with Crippen molar-refractivity contribution in [2.24, 2.45) is 0 Å². The molecule has 1 aromatic carbocycles. The minimum absolute atomic E-state index is 0.229. The van der Waals surface area contributed by atoms with Crippen LogP contribution >= 0.6 is 0 Å². The first-order valence-corrected chi connectivity index (χ1v) is 7.77. The number of hydrogen-bond donors (Lipinski definition) is 1. The first-order valence-electron chi connectivity index (χ1n) is 6.33. The molecule has 0 spiro atoms. The number of sulfonamides is 1. The maximum atomic E-state index is 12.4. The fourth-order valence-corrected chi connectivity index (χ4v) is 3.11. The molecular formula is C14H23NO3S. The summed E-state index contributed by atoms with van der Waals surface area (Å²) in [6, 6.07) is 6.90. The number of nitrogens with zero attached hydrogens (tertiary/aromatic N) is 1. The summed E-state index contributed by atoms with van der Waals surface area (Å²) in [5.41, 5.74) is 0.276. The fraction of sp³-hybridized carbons (Fsp3) is 0.571. The van der Waals surface area contributed by atoms with Gasteiger partial charge in [0.2, 0.25) is 10.0 Å². The molecule has 0 aliphatic carbocycles. The van der Waals surface area contributed by atoms with E-state index in [0.717, 1.165) is 5.56 Å². The first-order chi connectivity index (χ1) is 8.63. The van der Waals surface area contributed by atoms with Crippen molar-refractivity contribution in [1.82, 2.24) is 4.31 Å². The molecule has 0 saturated carbocycles. The Kier molecular flexibility index (Phi) is 4.76. The van der Waals surface area contributed by atoms with Crippen LogP contribution in [0.1, 0.15) is 39.2 Å². The topological polar surface area (TPSA) is 57.6 Å². The van der Waals surface area contributed by atoms with Crippen LogP contribution in [0.25, 0.3) is 0 Å². The average Bonchev–Trinajstić information content (AvgIpc) is 2.37. The molecule has 5 heteroatoms. The summed E-state index contributed by atoms with van der Waals surface area (Å²) in [5.74, 6) is 0.364. The Hall–Kier alpha value is -0.910. The molecule has 0 radical (unpaired) electrons. The van der Waals surface area contributed by atoms with E-state index in [2.05, 4.69) is 13.8 Å². The number of rotatable bonds is 5. The lowest BCUT2D eigenvalue weighted by atomic mass is 10.0. The van der Waals surface area contributed by atoms with Crippen molar-refractivity contribution in [3.05, 3.63) is 29.8 Å². The van der Waals surface area contributed by atoms with Gasteiger partial charge in [0.1, 0.15) is 0 Å². The van der Waals surface area contributed by atoms with E-state index >= 15 is 0 Å². The number of hydrogen-bond acceptors (Lipinski definition) is 3. The van der Waals surface area contributed by atoms with Gasteiger partial charge in [-0.1, -0.05) is 26.0 Å². The molecule has 108 valence electrons. The Labute approximate surface area is 116 Å². The van der Waals surface area contributed by atoms with Gasteiger partial charge in [-0.2, -0.15) is 4.31 Å². The number of benzene rings is 1. The van der Waals surface area contributed by atoms with Crippen LogP contribution in [0.2, 0.25) is 0 Å². The maximum absolute atomic E-state index is 12.4. The summed E-state index contributed by atoms with van der Waals surface area (Å²) in [7, 11) is -2.09. The summed E-state index contributed by atoms with van der Waals surface area (Å²) >= 11 is 0. The van der Waals surface area contributed by atoms with Crippen molar-refractivity contribution in [2.45, 2.75) is 44.0 Å². The van der Waals surface area contributed by atoms with E-state index in [9.17, 15) is 13.5 Å². The van der Waals surface area contributed by atoms with Crippen molar-refractivity contribution < 1.29 is 13.5 Å². The molecule has 19 heavy (non-hydrogen) atoms. The van der Waals surface area contributed by atoms with E-state index in [-0.39, 0.29) is 11.5 Å². The molecule has 0 atom stereocenters. The van der Waals surface area contributed by atoms with Gasteiger partial charge in [0.15, 0.2) is 0 Å². The number of aliphatic hydroxyl groups is 1. The predicted octanol–water partition coefficient (Wildman–Crippen LogP) is 2.20. The average molecular weight is 285 g/mol. The standard InChI is InChI=1S/C14H23NO3S/c1-11(2)12-6-8-13(9-7-12)19(17,18)15(5)14(3,4)10-16/h6-9,11,16H,10H2,1-5H3. The first kappa shape index (κ1) is 16.1. The Bertz CT molecular complexity index is 518. The summed E-state index contributed by atoms with van der Waals surface area (Å²) in [6.07, 6.45) is 0. The quantitative estimate of drug-likeness (QED) is 0.902. The normalized spacial score (nSPS) is 13.3. The zero-order chi connectivity index (χ0) is 14.8. The largest absolute Gasteiger partial charge is 0.394 e. The van der Waals surface area contributed by atoms with Gasteiger partial charge in [-0.05, 0) is 37.5 Å². The van der Waals surface area contributed by atoms with Crippen molar-refractivity contribution in [1.29, 1.82) is 0 Å². The number of likely N-dealkylation sites (N-methyl/N-ethyl adjacent to an activating group) is 1. The van der Waals surface area contributed by atoms with Gasteiger partial charge >= 0.3 is 0 Å². The fourth-order valence-electron chi connectivity index (χ4n) is 1.61. The molecule has 0 bridgehead atoms. The second kappa shape index (κ2) is 5.61. The molecule has 1 N–H and O–H groups in total. The molecule has 0 saturated heterocycles. The third-order valence-electron chi connectivity index (χ3n) is 3.44. The third-order valence-corrected chi connectivity index (χ3v) is 5.53. The van der Waals surface area contributed by atoms with E-state index in [1.807, 2.05) is 12.1 Å². The van der Waals surface area contributed by atoms with Crippen LogP contribution in [-0.2, 0) is 10.0 Å². The van der Waals surface area contributed by atoms with Gasteiger partial charge in [-0.15, -0.1) is 0 Å². The summed E-state index contributed by atoms with van der Waals surface area (Å²) in [4.78, 5) is 0.251. The zero-order valence-electron chi connectivity index (χ0n) is 12.2. The maximum Gasteiger partial charge on any atom is 0.243 e. The molecule has 0 unspecified atom stereocenters. The molecule has 0 fully saturated rings. The highest BCUT2D eigenvalue weighted by molar-refractivity contribution is 7.89. The van der Waals surface area contributed by atoms with Crippen LogP contribution in [0.5, 0.6) is 0 Å². The van der Waals surface area contributed by atoms with E-state index in [1.54, 1.807) is 26.0 Å². The molecule has 0 aliphatic heterocycles. The Morgan fingerprint density at radius 1 is 1.21 bits per heavy atom. The van der Waals surface area contributed by atoms with Gasteiger partial charge in [0, 0.05) is 7.05 Å². The van der Waals surface area contributed by atoms with Gasteiger partial charge in [0.25, 0.3) is 0 Å². The molecule has 0 aromatic heterocycles. The van der Waals surface area contributed by atoms with Crippen molar-refractivity contribution in [2.75, 3.05) is 13.7 Å². The van der Waals surface area contributed by atoms with E-state index in [4.69, 9.17) is 0 Å². The van der Waals surface area contributed by atoms with E-state index < -0.39 is 15.6 Å². The molecule has 0 amide bonds. The number of aliphatic hydroxyl groups excluding tert-OH is 1. The summed E-state index contributed by atoms with van der Waals surface area (Å²) in [5, 5.41) is 9.29. The monoisotopic (exact) mass is 285 g/mol. The second-order valence-corrected chi connectivity index (χ2v) is 7.64. The second-order valence-electron chi connectivity index (χ2n) is 5.67. The Balaban J connectivity index is 3.14. The predicted molar refractivity (Wildman–Crippen MR) is 76.6 cm³/mol. The minimum atomic E-state index is -3.58. The highest BCUT2D eigenvalue weighted by atomic mass is 32.2. The van der Waals surface area contributed by atoms with Gasteiger partial charge < -0.3 is 5.11 Å². The lowest BCUT2D eigenvalue weighted by molar-refractivity contribution is 0.138. The van der Waals surface area contributed by atoms with Crippen LogP contribution in [0.3, 0.4) is 0 Å². The molecular weight excluding hydrogens is 262 g/mol. The van der Waals surface area contributed by atoms with Crippen LogP contribution in [0.15, 0.2) is 29.2 Å². The van der Waals surface area contributed by atoms with Crippen molar-refractivity contribution in [3.8, 4) is 0 Å². The molecule has 1 rings (SSSR count). The SMILES string of the molecule is CC(C)c1ccc(S(=O)(=O)N(C)C(C)(C)CO)cc1. The van der Waals surface area contributed by atoms with Crippen molar-refractivity contribution in [3.63, 3.8) is 0 Å². The molecule has 4 nitrogen and oxygen atoms in total. The van der Waals surface area contributed by atoms with Crippen LogP contribution in [-0.4, -0.2) is 37.0 Å². The zero-order valence-corrected chi connectivity index (χ0v) is 13.0. The van der Waals surface area contributed by atoms with Crippen LogP contribution in [0, 0.1) is 0 Å². The van der Waals surface area contributed by atoms with E-state index in [1.165, 1.54) is 11.4 Å². The molecule has 1 aromatic rings. The third kappa shape index (κ3) is 3.35. The lowest BCUT2D eigenvalue weighted by Gasteiger charge is -2.32. The summed E-state index contributed by atoms with van der Waals surface area (Å²) in [6.45, 7) is 7.27. The smallest absolute Gasteiger partial charge is 0.243 e. The minimum Gasteiger partial charge on any atom is -0.394 e. The van der Waals surface area contributed by atoms with Crippen LogP contribution in [0.4, 0.5) is 0 Å². The highest BCUT2D eigenvalue weighted by Crippen LogP contribution is 2.24. The van der Waals surface area contributed by atoms with Gasteiger partial charge in [-0.25, -0.2) is 8.42 Å². The summed E-state index contributed by atoms with van der Waals surface area (Å²) < 4.78 is 26.1. The Morgan fingerprint density at radius 2 is 1.68 bits per heavy atom. The molecule has 0 aliphatic rings. The van der Waals surface area contributed by atoms with Gasteiger partial charge in [-0.3, -0.25) is 0 Å². The Morgan fingerprint density at radius 3 is 2.05 bits per heavy atom. The highest BCUT2D eigenvalue weighted by Gasteiger charge is 2.33.